The van der Waals surface area contributed by atoms with Gasteiger partial charge in [0.15, 0.2) is 0 Å². The van der Waals surface area contributed by atoms with E-state index < -0.39 is 0 Å². The number of hydrogen-bond donors (Lipinski definition) is 1. The van der Waals surface area contributed by atoms with E-state index >= 15 is 0 Å². The fourth-order valence-electron chi connectivity index (χ4n) is 2.69. The Balaban J connectivity index is 1.97. The third kappa shape index (κ3) is 2.38. The molecule has 0 amide bonds. The maximum Gasteiger partial charge on any atom is 0.125 e. The number of nitrogens with zero attached hydrogens (tertiary/aromatic N) is 2. The third-order valence-corrected chi connectivity index (χ3v) is 3.99. The molecule has 0 aliphatic heterocycles. The topological polar surface area (TPSA) is 51.8 Å². The van der Waals surface area contributed by atoms with Crippen molar-refractivity contribution < 1.29 is 0 Å². The molecule has 1 aromatic carbocycles. The standard InChI is InChI=1S/C16H19N3/c1-11-18-10-9-15(19-11)16(17)14-8-3-2-7-13(14)12-5-4-6-12/h2-3,7-10,12,16H,4-6,17H2,1H3. The number of aromatic nitrogens is 2. The van der Waals surface area contributed by atoms with Crippen LogP contribution in [-0.4, -0.2) is 9.97 Å². The van der Waals surface area contributed by atoms with Crippen molar-refractivity contribution in [2.75, 3.05) is 0 Å². The molecule has 0 bridgehead atoms. The lowest BCUT2D eigenvalue weighted by molar-refractivity contribution is 0.416. The Bertz CT molecular complexity index is 576. The summed E-state index contributed by atoms with van der Waals surface area (Å²) in [5, 5.41) is 0. The Kier molecular flexibility index (Phi) is 3.30. The lowest BCUT2D eigenvalue weighted by atomic mass is 9.77. The highest BCUT2D eigenvalue weighted by Crippen LogP contribution is 2.39. The van der Waals surface area contributed by atoms with Crippen molar-refractivity contribution in [2.45, 2.75) is 38.1 Å². The largest absolute Gasteiger partial charge is 0.319 e. The molecule has 1 aliphatic rings. The van der Waals surface area contributed by atoms with Gasteiger partial charge in [0.25, 0.3) is 0 Å². The number of aryl methyl sites for hydroxylation is 1. The summed E-state index contributed by atoms with van der Waals surface area (Å²) in [5.41, 5.74) is 9.93. The van der Waals surface area contributed by atoms with Crippen LogP contribution in [0.4, 0.5) is 0 Å². The Labute approximate surface area is 113 Å². The zero-order valence-electron chi connectivity index (χ0n) is 11.2. The smallest absolute Gasteiger partial charge is 0.125 e. The summed E-state index contributed by atoms with van der Waals surface area (Å²) in [4.78, 5) is 8.59. The summed E-state index contributed by atoms with van der Waals surface area (Å²) in [6.07, 6.45) is 5.68. The number of nitrogens with two attached hydrogens (primary N) is 1. The molecule has 1 atom stereocenters. The lowest BCUT2D eigenvalue weighted by Crippen LogP contribution is -2.19. The second-order valence-electron chi connectivity index (χ2n) is 5.26. The van der Waals surface area contributed by atoms with Crippen LogP contribution in [0.15, 0.2) is 36.5 Å². The second kappa shape index (κ2) is 5.10. The highest BCUT2D eigenvalue weighted by atomic mass is 14.9. The Morgan fingerprint density at radius 3 is 2.68 bits per heavy atom. The maximum absolute atomic E-state index is 6.41. The first-order valence-electron chi connectivity index (χ1n) is 6.89. The van der Waals surface area contributed by atoms with Crippen LogP contribution in [0.2, 0.25) is 0 Å². The van der Waals surface area contributed by atoms with Gasteiger partial charge in [0.1, 0.15) is 5.82 Å². The van der Waals surface area contributed by atoms with E-state index in [9.17, 15) is 0 Å². The normalized spacial score (nSPS) is 16.9. The van der Waals surface area contributed by atoms with Gasteiger partial charge in [0, 0.05) is 6.20 Å². The molecule has 1 fully saturated rings. The van der Waals surface area contributed by atoms with Gasteiger partial charge in [-0.1, -0.05) is 30.7 Å². The predicted molar refractivity (Wildman–Crippen MR) is 75.8 cm³/mol. The van der Waals surface area contributed by atoms with Crippen molar-refractivity contribution in [3.8, 4) is 0 Å². The first-order chi connectivity index (χ1) is 9.25. The number of rotatable bonds is 3. The van der Waals surface area contributed by atoms with Gasteiger partial charge in [-0.3, -0.25) is 0 Å². The Morgan fingerprint density at radius 2 is 2.00 bits per heavy atom. The molecule has 0 radical (unpaired) electrons. The molecule has 1 heterocycles. The summed E-state index contributed by atoms with van der Waals surface area (Å²) in [7, 11) is 0. The van der Waals surface area contributed by atoms with Crippen molar-refractivity contribution in [3.63, 3.8) is 0 Å². The van der Waals surface area contributed by atoms with Crippen LogP contribution in [0.1, 0.15) is 53.9 Å². The summed E-state index contributed by atoms with van der Waals surface area (Å²) in [6.45, 7) is 1.90. The Hall–Kier alpha value is -1.74. The average molecular weight is 253 g/mol. The van der Waals surface area contributed by atoms with E-state index in [1.165, 1.54) is 30.4 Å². The van der Waals surface area contributed by atoms with E-state index in [-0.39, 0.29) is 6.04 Å². The van der Waals surface area contributed by atoms with Gasteiger partial charge in [-0.25, -0.2) is 9.97 Å². The molecule has 3 rings (SSSR count). The van der Waals surface area contributed by atoms with Crippen molar-refractivity contribution in [3.05, 3.63) is 59.2 Å². The van der Waals surface area contributed by atoms with Crippen molar-refractivity contribution in [2.24, 2.45) is 5.73 Å². The number of hydrogen-bond acceptors (Lipinski definition) is 3. The Morgan fingerprint density at radius 1 is 1.21 bits per heavy atom. The average Bonchev–Trinajstić information content (AvgIpc) is 2.37. The molecule has 3 nitrogen and oxygen atoms in total. The van der Waals surface area contributed by atoms with E-state index in [1.807, 2.05) is 13.0 Å². The van der Waals surface area contributed by atoms with Crippen LogP contribution in [0.5, 0.6) is 0 Å². The minimum atomic E-state index is -0.154. The first-order valence-corrected chi connectivity index (χ1v) is 6.89. The minimum Gasteiger partial charge on any atom is -0.319 e. The van der Waals surface area contributed by atoms with Gasteiger partial charge in [0.05, 0.1) is 11.7 Å². The molecule has 3 heteroatoms. The van der Waals surface area contributed by atoms with Gasteiger partial charge in [-0.15, -0.1) is 0 Å². The van der Waals surface area contributed by atoms with E-state index in [0.29, 0.717) is 5.92 Å². The molecule has 1 unspecified atom stereocenters. The van der Waals surface area contributed by atoms with Crippen molar-refractivity contribution in [1.82, 2.24) is 9.97 Å². The SMILES string of the molecule is Cc1nccc(C(N)c2ccccc2C2CCC2)n1. The molecule has 19 heavy (non-hydrogen) atoms. The van der Waals surface area contributed by atoms with Crippen molar-refractivity contribution >= 4 is 0 Å². The van der Waals surface area contributed by atoms with Crippen LogP contribution in [-0.2, 0) is 0 Å². The molecule has 0 spiro atoms. The maximum atomic E-state index is 6.41. The summed E-state index contributed by atoms with van der Waals surface area (Å²) < 4.78 is 0. The van der Waals surface area contributed by atoms with E-state index in [4.69, 9.17) is 5.73 Å². The molecule has 2 N–H and O–H groups in total. The minimum absolute atomic E-state index is 0.154. The molecule has 1 aromatic heterocycles. The van der Waals surface area contributed by atoms with E-state index in [1.54, 1.807) is 6.20 Å². The molecule has 2 aromatic rings. The van der Waals surface area contributed by atoms with Crippen molar-refractivity contribution in [1.29, 1.82) is 0 Å². The van der Waals surface area contributed by atoms with Crippen LogP contribution in [0, 0.1) is 6.92 Å². The monoisotopic (exact) mass is 253 g/mol. The highest BCUT2D eigenvalue weighted by Gasteiger charge is 2.24. The molecule has 98 valence electrons. The van der Waals surface area contributed by atoms with Gasteiger partial charge >= 0.3 is 0 Å². The first kappa shape index (κ1) is 12.3. The molecule has 1 saturated carbocycles. The van der Waals surface area contributed by atoms with Gasteiger partial charge < -0.3 is 5.73 Å². The van der Waals surface area contributed by atoms with Gasteiger partial charge in [-0.05, 0) is 42.9 Å². The second-order valence-corrected chi connectivity index (χ2v) is 5.26. The van der Waals surface area contributed by atoms with E-state index in [2.05, 4.69) is 34.2 Å². The summed E-state index contributed by atoms with van der Waals surface area (Å²) in [5.74, 6) is 1.46. The predicted octanol–water partition coefficient (Wildman–Crippen LogP) is 3.10. The molecular formula is C16H19N3. The van der Waals surface area contributed by atoms with Crippen LogP contribution in [0.3, 0.4) is 0 Å². The zero-order valence-corrected chi connectivity index (χ0v) is 11.2. The van der Waals surface area contributed by atoms with E-state index in [0.717, 1.165) is 11.5 Å². The van der Waals surface area contributed by atoms with Crippen LogP contribution in [0.25, 0.3) is 0 Å². The summed E-state index contributed by atoms with van der Waals surface area (Å²) >= 11 is 0. The molecule has 1 aliphatic carbocycles. The third-order valence-electron chi connectivity index (χ3n) is 3.99. The van der Waals surface area contributed by atoms with Gasteiger partial charge in [0.2, 0.25) is 0 Å². The molecule has 0 saturated heterocycles. The fourth-order valence-corrected chi connectivity index (χ4v) is 2.69. The highest BCUT2D eigenvalue weighted by molar-refractivity contribution is 5.37. The molecular weight excluding hydrogens is 234 g/mol. The number of benzene rings is 1. The van der Waals surface area contributed by atoms with Gasteiger partial charge in [-0.2, -0.15) is 0 Å². The lowest BCUT2D eigenvalue weighted by Gasteiger charge is -2.29. The van der Waals surface area contributed by atoms with Crippen LogP contribution < -0.4 is 5.73 Å². The quantitative estimate of drug-likeness (QED) is 0.914. The zero-order chi connectivity index (χ0) is 13.2. The van der Waals surface area contributed by atoms with Crippen LogP contribution >= 0.6 is 0 Å². The fraction of sp³-hybridized carbons (Fsp3) is 0.375. The summed E-state index contributed by atoms with van der Waals surface area (Å²) in [6, 6.07) is 10.3.